The number of halogens is 1. The molecule has 3 fully saturated rings. The maximum absolute atomic E-state index is 13.4. The zero-order chi connectivity index (χ0) is 29.1. The minimum atomic E-state index is -0.984. The smallest absolute Gasteiger partial charge is 0.271 e. The molecule has 1 saturated carbocycles. The summed E-state index contributed by atoms with van der Waals surface area (Å²) in [5, 5.41) is 14.2. The number of likely N-dealkylation sites (tertiary alicyclic amines) is 1. The van der Waals surface area contributed by atoms with Crippen molar-refractivity contribution >= 4 is 28.7 Å². The molecule has 43 heavy (non-hydrogen) atoms. The number of alkyl halides is 1. The molecule has 1 spiro atoms. The highest BCUT2D eigenvalue weighted by molar-refractivity contribution is 5.94. The molecular formula is C31H35FN10O. The first-order valence-corrected chi connectivity index (χ1v) is 15.2. The van der Waals surface area contributed by atoms with Gasteiger partial charge in [0.2, 0.25) is 0 Å². The quantitative estimate of drug-likeness (QED) is 0.303. The van der Waals surface area contributed by atoms with Crippen LogP contribution in [0, 0.1) is 5.41 Å². The molecule has 0 radical (unpaired) electrons. The van der Waals surface area contributed by atoms with E-state index >= 15 is 0 Å². The Kier molecular flexibility index (Phi) is 6.30. The second-order valence-electron chi connectivity index (χ2n) is 12.4. The maximum atomic E-state index is 13.4. The van der Waals surface area contributed by atoms with Gasteiger partial charge in [-0.15, -0.1) is 5.10 Å². The molecule has 4 aliphatic rings. The number of amides is 1. The van der Waals surface area contributed by atoms with Gasteiger partial charge in [0.1, 0.15) is 6.17 Å². The molecule has 3 aliphatic heterocycles. The lowest BCUT2D eigenvalue weighted by molar-refractivity contribution is -0.0283. The van der Waals surface area contributed by atoms with Gasteiger partial charge in [-0.2, -0.15) is 0 Å². The average Bonchev–Trinajstić information content (AvgIpc) is 3.36. The fraction of sp³-hybridized carbons (Fsp3) is 0.452. The highest BCUT2D eigenvalue weighted by Crippen LogP contribution is 2.41. The molecule has 1 aromatic carbocycles. The molecule has 6 heterocycles. The molecule has 4 aromatic rings. The van der Waals surface area contributed by atoms with Crippen molar-refractivity contribution < 1.29 is 9.18 Å². The number of nitrogens with zero attached hydrogens (tertiary/aromatic N) is 7. The van der Waals surface area contributed by atoms with Crippen molar-refractivity contribution in [2.45, 2.75) is 44.4 Å². The van der Waals surface area contributed by atoms with Crippen molar-refractivity contribution in [2.24, 2.45) is 5.41 Å². The summed E-state index contributed by atoms with van der Waals surface area (Å²) in [5.41, 5.74) is 6.44. The van der Waals surface area contributed by atoms with Crippen molar-refractivity contribution in [3.63, 3.8) is 0 Å². The van der Waals surface area contributed by atoms with E-state index in [9.17, 15) is 9.18 Å². The van der Waals surface area contributed by atoms with Crippen molar-refractivity contribution in [3.8, 4) is 11.4 Å². The molecule has 0 unspecified atom stereocenters. The molecule has 12 heteroatoms. The molecule has 8 rings (SSSR count). The van der Waals surface area contributed by atoms with E-state index in [0.717, 1.165) is 74.0 Å². The van der Waals surface area contributed by atoms with Crippen LogP contribution in [0.5, 0.6) is 0 Å². The fourth-order valence-electron chi connectivity index (χ4n) is 6.98. The molecule has 0 bridgehead atoms. The van der Waals surface area contributed by atoms with Crippen LogP contribution in [-0.2, 0) is 13.0 Å². The predicted octanol–water partition coefficient (Wildman–Crippen LogP) is 2.95. The van der Waals surface area contributed by atoms with Gasteiger partial charge in [-0.1, -0.05) is 12.1 Å². The summed E-state index contributed by atoms with van der Waals surface area (Å²) < 4.78 is 15.0. The number of anilines is 3. The molecule has 3 N–H and O–H groups in total. The van der Waals surface area contributed by atoms with Crippen LogP contribution in [0.15, 0.2) is 42.9 Å². The number of imidazole rings is 1. The van der Waals surface area contributed by atoms with E-state index < -0.39 is 12.2 Å². The number of hydrogen-bond acceptors (Lipinski definition) is 9. The minimum Gasteiger partial charge on any atom is -0.385 e. The summed E-state index contributed by atoms with van der Waals surface area (Å²) in [6.07, 6.45) is 8.14. The van der Waals surface area contributed by atoms with Crippen LogP contribution in [0.2, 0.25) is 0 Å². The van der Waals surface area contributed by atoms with Gasteiger partial charge in [0.05, 0.1) is 17.9 Å². The average molecular weight is 583 g/mol. The second-order valence-corrected chi connectivity index (χ2v) is 12.4. The molecular weight excluding hydrogens is 547 g/mol. The van der Waals surface area contributed by atoms with Crippen molar-refractivity contribution in [2.75, 3.05) is 50.0 Å². The summed E-state index contributed by atoms with van der Waals surface area (Å²) in [5.74, 6) is 1.03. The van der Waals surface area contributed by atoms with Crippen LogP contribution in [0.4, 0.5) is 21.6 Å². The lowest BCUT2D eigenvalue weighted by Gasteiger charge is -2.52. The fourth-order valence-corrected chi connectivity index (χ4v) is 6.98. The van der Waals surface area contributed by atoms with Crippen LogP contribution < -0.4 is 20.9 Å². The van der Waals surface area contributed by atoms with E-state index in [0.29, 0.717) is 23.3 Å². The van der Waals surface area contributed by atoms with E-state index in [1.165, 1.54) is 24.6 Å². The van der Waals surface area contributed by atoms with Crippen LogP contribution in [0.3, 0.4) is 0 Å². The first kappa shape index (κ1) is 26.5. The Bertz CT molecular complexity index is 1690. The zero-order valence-corrected chi connectivity index (χ0v) is 24.2. The van der Waals surface area contributed by atoms with Gasteiger partial charge in [0, 0.05) is 74.9 Å². The molecule has 11 nitrogen and oxygen atoms in total. The molecule has 3 aromatic heterocycles. The largest absolute Gasteiger partial charge is 0.385 e. The highest BCUT2D eigenvalue weighted by atomic mass is 19.1. The predicted molar refractivity (Wildman–Crippen MR) is 161 cm³/mol. The third kappa shape index (κ3) is 4.69. The monoisotopic (exact) mass is 582 g/mol. The van der Waals surface area contributed by atoms with E-state index in [1.54, 1.807) is 4.52 Å². The number of rotatable bonds is 7. The van der Waals surface area contributed by atoms with Gasteiger partial charge in [0.15, 0.2) is 23.0 Å². The molecule has 2 saturated heterocycles. The van der Waals surface area contributed by atoms with Crippen LogP contribution >= 0.6 is 0 Å². The third-order valence-corrected chi connectivity index (χ3v) is 9.42. The van der Waals surface area contributed by atoms with Gasteiger partial charge in [0.25, 0.3) is 5.91 Å². The van der Waals surface area contributed by atoms with Crippen molar-refractivity contribution in [3.05, 3.63) is 59.7 Å². The first-order valence-electron chi connectivity index (χ1n) is 15.2. The van der Waals surface area contributed by atoms with E-state index in [2.05, 4.69) is 42.9 Å². The minimum absolute atomic E-state index is 0.276. The third-order valence-electron chi connectivity index (χ3n) is 9.42. The summed E-state index contributed by atoms with van der Waals surface area (Å²) >= 11 is 0. The van der Waals surface area contributed by atoms with Gasteiger partial charge in [-0.05, 0) is 49.4 Å². The topological polar surface area (TPSA) is 116 Å². The number of hydrogen-bond donors (Lipinski definition) is 3. The standard InChI is InChI=1S/C31H35FN10O/c1-33-24-12-27(39-42-26(15-37-29(24)42)30(43)38-23-11-22(23)32)41-10-5-20-21(3-2-4-25(20)41)28-35-13-19(14-36-28)16-40-17-31(18-40)6-8-34-9-7-31/h2-4,12-15,22-23,33-34H,5-11,16-18H2,1H3,(H,38,43)/t22-,23+/m0/s1. The Hall–Kier alpha value is -4.16. The number of carbonyl (C=O) groups is 1. The van der Waals surface area contributed by atoms with Crippen LogP contribution in [0.1, 0.15) is 40.9 Å². The summed E-state index contributed by atoms with van der Waals surface area (Å²) in [7, 11) is 1.82. The molecule has 1 amide bonds. The highest BCUT2D eigenvalue weighted by Gasteiger charge is 2.43. The Labute approximate surface area is 248 Å². The normalized spacial score (nSPS) is 22.4. The number of piperidine rings is 1. The number of aromatic nitrogens is 5. The summed E-state index contributed by atoms with van der Waals surface area (Å²) in [4.78, 5) is 31.5. The summed E-state index contributed by atoms with van der Waals surface area (Å²) in [6.45, 7) is 6.21. The Morgan fingerprint density at radius 1 is 1.14 bits per heavy atom. The van der Waals surface area contributed by atoms with E-state index in [1.807, 2.05) is 31.6 Å². The van der Waals surface area contributed by atoms with Crippen molar-refractivity contribution in [1.29, 1.82) is 0 Å². The molecule has 1 aliphatic carbocycles. The van der Waals surface area contributed by atoms with Gasteiger partial charge in [-0.25, -0.2) is 23.9 Å². The van der Waals surface area contributed by atoms with Gasteiger partial charge >= 0.3 is 0 Å². The number of nitrogens with one attached hydrogen (secondary N) is 3. The Morgan fingerprint density at radius 3 is 2.67 bits per heavy atom. The molecule has 2 atom stereocenters. The Balaban J connectivity index is 1.03. The number of fused-ring (bicyclic) bond motifs is 2. The maximum Gasteiger partial charge on any atom is 0.271 e. The Morgan fingerprint density at radius 2 is 1.93 bits per heavy atom. The summed E-state index contributed by atoms with van der Waals surface area (Å²) in [6, 6.07) is 7.70. The SMILES string of the molecule is CNc1cc(N2CCc3c(-c4ncc(CN5CC6(CCNCC6)C5)cn4)cccc32)nn2c(C(=O)N[C@@H]3C[C@@H]3F)cnc12. The number of benzene rings is 1. The second kappa shape index (κ2) is 10.2. The van der Waals surface area contributed by atoms with Crippen LogP contribution in [-0.4, -0.2) is 87.4 Å². The first-order chi connectivity index (χ1) is 21.0. The van der Waals surface area contributed by atoms with Gasteiger partial charge < -0.3 is 20.9 Å². The zero-order valence-electron chi connectivity index (χ0n) is 24.2. The van der Waals surface area contributed by atoms with Crippen molar-refractivity contribution in [1.82, 2.24) is 40.1 Å². The van der Waals surface area contributed by atoms with E-state index in [-0.39, 0.29) is 11.6 Å². The lowest BCUT2D eigenvalue weighted by atomic mass is 9.72. The molecule has 222 valence electrons. The lowest BCUT2D eigenvalue weighted by Crippen LogP contribution is -2.59. The van der Waals surface area contributed by atoms with Crippen LogP contribution in [0.25, 0.3) is 17.0 Å². The van der Waals surface area contributed by atoms with Gasteiger partial charge in [-0.3, -0.25) is 9.69 Å². The number of carbonyl (C=O) groups excluding carboxylic acids is 1. The van der Waals surface area contributed by atoms with E-state index in [4.69, 9.17) is 15.1 Å².